The molecule has 20 heavy (non-hydrogen) atoms. The van der Waals surface area contributed by atoms with Crippen molar-refractivity contribution in [3.05, 3.63) is 23.2 Å². The van der Waals surface area contributed by atoms with Gasteiger partial charge in [-0.05, 0) is 0 Å². The van der Waals surface area contributed by atoms with E-state index in [-0.39, 0.29) is 17.1 Å². The summed E-state index contributed by atoms with van der Waals surface area (Å²) in [5.74, 6) is -2.65. The highest BCUT2D eigenvalue weighted by molar-refractivity contribution is 5.79. The van der Waals surface area contributed by atoms with Gasteiger partial charge in [-0.15, -0.1) is 0 Å². The lowest BCUT2D eigenvalue weighted by atomic mass is 9.89. The Morgan fingerprint density at radius 2 is 1.45 bits per heavy atom. The van der Waals surface area contributed by atoms with Gasteiger partial charge in [0.15, 0.2) is 17.8 Å². The van der Waals surface area contributed by atoms with Crippen LogP contribution in [0.25, 0.3) is 0 Å². The quantitative estimate of drug-likeness (QED) is 0.502. The van der Waals surface area contributed by atoms with Crippen molar-refractivity contribution in [1.82, 2.24) is 0 Å². The van der Waals surface area contributed by atoms with Gasteiger partial charge in [-0.25, -0.2) is 0 Å². The molecule has 0 spiro atoms. The first kappa shape index (κ1) is 16.6. The number of aldehydes is 1. The second-order valence-electron chi connectivity index (χ2n) is 3.88. The highest BCUT2D eigenvalue weighted by Gasteiger charge is 2.61. The molecule has 1 rings (SSSR count). The van der Waals surface area contributed by atoms with Gasteiger partial charge in [-0.1, -0.05) is 0 Å². The first-order valence-electron chi connectivity index (χ1n) is 5.78. The molecule has 0 unspecified atom stereocenters. The molecule has 7 heteroatoms. The SMILES string of the molecule is COC1=CC(OC)(OC)C(OC)(OC)C(C=O)=C1OC. The van der Waals surface area contributed by atoms with Gasteiger partial charge in [0.2, 0.25) is 0 Å². The van der Waals surface area contributed by atoms with Gasteiger partial charge in [0, 0.05) is 34.5 Å². The second kappa shape index (κ2) is 6.36. The molecule has 0 aliphatic heterocycles. The molecule has 0 bridgehead atoms. The average molecular weight is 288 g/mol. The molecular weight excluding hydrogens is 268 g/mol. The summed E-state index contributed by atoms with van der Waals surface area (Å²) in [6.45, 7) is 0. The maximum atomic E-state index is 11.6. The van der Waals surface area contributed by atoms with Crippen molar-refractivity contribution >= 4 is 6.29 Å². The minimum atomic E-state index is -1.62. The molecule has 0 saturated carbocycles. The van der Waals surface area contributed by atoms with Gasteiger partial charge in [-0.2, -0.15) is 0 Å². The molecule has 0 atom stereocenters. The lowest BCUT2D eigenvalue weighted by Crippen LogP contribution is -2.61. The van der Waals surface area contributed by atoms with Gasteiger partial charge in [-0.3, -0.25) is 4.79 Å². The summed E-state index contributed by atoms with van der Waals surface area (Å²) in [4.78, 5) is 11.6. The topological polar surface area (TPSA) is 72.5 Å². The maximum Gasteiger partial charge on any atom is 0.262 e. The van der Waals surface area contributed by atoms with E-state index in [1.54, 1.807) is 0 Å². The van der Waals surface area contributed by atoms with E-state index in [1.807, 2.05) is 0 Å². The minimum absolute atomic E-state index is 0.0630. The fourth-order valence-electron chi connectivity index (χ4n) is 2.35. The second-order valence-corrected chi connectivity index (χ2v) is 3.88. The Labute approximate surface area is 118 Å². The smallest absolute Gasteiger partial charge is 0.262 e. The molecule has 1 aliphatic carbocycles. The van der Waals surface area contributed by atoms with Crippen molar-refractivity contribution < 1.29 is 33.2 Å². The van der Waals surface area contributed by atoms with Crippen molar-refractivity contribution in [2.24, 2.45) is 0 Å². The predicted molar refractivity (Wildman–Crippen MR) is 68.7 cm³/mol. The molecule has 7 nitrogen and oxygen atoms in total. The van der Waals surface area contributed by atoms with E-state index < -0.39 is 11.6 Å². The Hall–Kier alpha value is -1.41. The van der Waals surface area contributed by atoms with Crippen LogP contribution in [0.3, 0.4) is 0 Å². The summed E-state index contributed by atoms with van der Waals surface area (Å²) in [5, 5.41) is 0. The van der Waals surface area contributed by atoms with E-state index in [0.717, 1.165) is 0 Å². The van der Waals surface area contributed by atoms with Gasteiger partial charge < -0.3 is 28.4 Å². The summed E-state index contributed by atoms with van der Waals surface area (Å²) < 4.78 is 32.1. The van der Waals surface area contributed by atoms with Gasteiger partial charge in [0.05, 0.1) is 14.2 Å². The molecule has 1 aliphatic rings. The Kier molecular flexibility index (Phi) is 5.29. The first-order chi connectivity index (χ1) is 9.56. The Bertz CT molecular complexity index is 416. The summed E-state index contributed by atoms with van der Waals surface area (Å²) in [6, 6.07) is 0. The molecule has 0 heterocycles. The summed E-state index contributed by atoms with van der Waals surface area (Å²) in [5.41, 5.74) is 0.0630. The normalized spacial score (nSPS) is 20.4. The van der Waals surface area contributed by atoms with Crippen LogP contribution in [0.5, 0.6) is 0 Å². The number of hydrogen-bond acceptors (Lipinski definition) is 7. The Morgan fingerprint density at radius 3 is 1.75 bits per heavy atom. The van der Waals surface area contributed by atoms with Crippen LogP contribution in [0.4, 0.5) is 0 Å². The zero-order valence-corrected chi connectivity index (χ0v) is 12.5. The number of hydrogen-bond donors (Lipinski definition) is 0. The van der Waals surface area contributed by atoms with Crippen molar-refractivity contribution in [2.45, 2.75) is 11.6 Å². The molecule has 0 aromatic heterocycles. The average Bonchev–Trinajstić information content (AvgIpc) is 2.52. The van der Waals surface area contributed by atoms with E-state index in [0.29, 0.717) is 6.29 Å². The van der Waals surface area contributed by atoms with Gasteiger partial charge in [0.1, 0.15) is 5.57 Å². The third-order valence-corrected chi connectivity index (χ3v) is 3.33. The molecule has 0 amide bonds. The van der Waals surface area contributed by atoms with Gasteiger partial charge in [0.25, 0.3) is 11.6 Å². The number of ether oxygens (including phenoxy) is 6. The summed E-state index contributed by atoms with van der Waals surface area (Å²) >= 11 is 0. The van der Waals surface area contributed by atoms with Crippen LogP contribution in [0.1, 0.15) is 0 Å². The predicted octanol–water partition coefficient (Wildman–Crippen LogP) is 0.608. The zero-order valence-electron chi connectivity index (χ0n) is 12.5. The highest BCUT2D eigenvalue weighted by atomic mass is 16.8. The van der Waals surface area contributed by atoms with Crippen LogP contribution in [0.2, 0.25) is 0 Å². The van der Waals surface area contributed by atoms with Crippen LogP contribution >= 0.6 is 0 Å². The van der Waals surface area contributed by atoms with Crippen LogP contribution < -0.4 is 0 Å². The molecule has 0 fully saturated rings. The number of carbonyl (C=O) groups is 1. The molecule has 0 radical (unpaired) electrons. The highest BCUT2D eigenvalue weighted by Crippen LogP contribution is 2.44. The van der Waals surface area contributed by atoms with Crippen LogP contribution in [0.15, 0.2) is 23.2 Å². The van der Waals surface area contributed by atoms with E-state index in [4.69, 9.17) is 28.4 Å². The van der Waals surface area contributed by atoms with E-state index in [1.165, 1.54) is 48.7 Å². The summed E-state index contributed by atoms with van der Waals surface area (Å²) in [7, 11) is 8.41. The van der Waals surface area contributed by atoms with E-state index >= 15 is 0 Å². The van der Waals surface area contributed by atoms with Gasteiger partial charge >= 0.3 is 0 Å². The number of methoxy groups -OCH3 is 6. The monoisotopic (exact) mass is 288 g/mol. The molecule has 0 aromatic rings. The lowest BCUT2D eigenvalue weighted by Gasteiger charge is -2.46. The van der Waals surface area contributed by atoms with Crippen LogP contribution in [-0.4, -0.2) is 60.5 Å². The number of carbonyl (C=O) groups excluding carboxylic acids is 1. The molecule has 114 valence electrons. The lowest BCUT2D eigenvalue weighted by molar-refractivity contribution is -0.350. The third-order valence-electron chi connectivity index (χ3n) is 3.33. The van der Waals surface area contributed by atoms with Crippen molar-refractivity contribution in [1.29, 1.82) is 0 Å². The zero-order chi connectivity index (χ0) is 15.4. The fraction of sp³-hybridized carbons (Fsp3) is 0.615. The van der Waals surface area contributed by atoms with Crippen molar-refractivity contribution in [2.75, 3.05) is 42.7 Å². The molecule has 0 saturated heterocycles. The molecular formula is C13H20O7. The largest absolute Gasteiger partial charge is 0.493 e. The number of rotatable bonds is 7. The molecule has 0 N–H and O–H groups in total. The van der Waals surface area contributed by atoms with Crippen molar-refractivity contribution in [3.8, 4) is 0 Å². The standard InChI is InChI=1S/C13H20O7/c1-15-10-7-12(17-3,18-4)13(19-5,20-6)9(8-14)11(10)16-2/h7-8H,1-6H3. The summed E-state index contributed by atoms with van der Waals surface area (Å²) in [6.07, 6.45) is 2.05. The maximum absolute atomic E-state index is 11.6. The Balaban J connectivity index is 3.69. The minimum Gasteiger partial charge on any atom is -0.493 e. The third kappa shape index (κ3) is 2.03. The van der Waals surface area contributed by atoms with E-state index in [2.05, 4.69) is 0 Å². The Morgan fingerprint density at radius 1 is 0.900 bits per heavy atom. The van der Waals surface area contributed by atoms with E-state index in [9.17, 15) is 4.79 Å². The van der Waals surface area contributed by atoms with Crippen LogP contribution in [-0.2, 0) is 33.2 Å². The van der Waals surface area contributed by atoms with Crippen molar-refractivity contribution in [3.63, 3.8) is 0 Å². The first-order valence-corrected chi connectivity index (χ1v) is 5.78. The van der Waals surface area contributed by atoms with Crippen LogP contribution in [0, 0.1) is 0 Å². The fourth-order valence-corrected chi connectivity index (χ4v) is 2.35. The molecule has 0 aromatic carbocycles.